The Kier molecular flexibility index (Phi) is 6.51. The number of hydrogen-bond donors (Lipinski definition) is 0. The molecule has 0 aliphatic heterocycles. The van der Waals surface area contributed by atoms with Crippen molar-refractivity contribution in [2.75, 3.05) is 13.2 Å². The molecule has 1 unspecified atom stereocenters. The van der Waals surface area contributed by atoms with Crippen LogP contribution in [0.1, 0.15) is 25.8 Å². The standard InChI is InChI=1S/C14H19BO3/c1-3-8-18-13(14(16)17-4-2)10-11-6-5-7-12(15)9-11/h5-7,9,13H,3-4,8,10H2,1-2H3. The third kappa shape index (κ3) is 4.92. The Balaban J connectivity index is 2.68. The average molecular weight is 246 g/mol. The van der Waals surface area contributed by atoms with Crippen molar-refractivity contribution < 1.29 is 14.3 Å². The maximum absolute atomic E-state index is 11.8. The lowest BCUT2D eigenvalue weighted by Crippen LogP contribution is -2.29. The van der Waals surface area contributed by atoms with Gasteiger partial charge in [0.05, 0.1) is 6.61 Å². The van der Waals surface area contributed by atoms with Crippen molar-refractivity contribution in [1.82, 2.24) is 0 Å². The summed E-state index contributed by atoms with van der Waals surface area (Å²) >= 11 is 0. The number of hydrogen-bond acceptors (Lipinski definition) is 3. The van der Waals surface area contributed by atoms with Gasteiger partial charge in [0.25, 0.3) is 0 Å². The van der Waals surface area contributed by atoms with Crippen LogP contribution >= 0.6 is 0 Å². The van der Waals surface area contributed by atoms with E-state index in [-0.39, 0.29) is 5.97 Å². The van der Waals surface area contributed by atoms with Crippen molar-refractivity contribution in [2.24, 2.45) is 0 Å². The fourth-order valence-corrected chi connectivity index (χ4v) is 1.64. The molecule has 4 heteroatoms. The van der Waals surface area contributed by atoms with E-state index in [0.717, 1.165) is 12.0 Å². The first-order valence-electron chi connectivity index (χ1n) is 6.30. The van der Waals surface area contributed by atoms with E-state index < -0.39 is 6.10 Å². The molecule has 96 valence electrons. The number of carbonyl (C=O) groups excluding carboxylic acids is 1. The minimum atomic E-state index is -0.549. The zero-order valence-corrected chi connectivity index (χ0v) is 11.0. The fraction of sp³-hybridized carbons (Fsp3) is 0.500. The van der Waals surface area contributed by atoms with Crippen LogP contribution in [0.5, 0.6) is 0 Å². The van der Waals surface area contributed by atoms with Crippen molar-refractivity contribution in [3.05, 3.63) is 29.8 Å². The van der Waals surface area contributed by atoms with Crippen molar-refractivity contribution in [1.29, 1.82) is 0 Å². The molecule has 1 rings (SSSR count). The molecular weight excluding hydrogens is 227 g/mol. The molecule has 0 aromatic heterocycles. The molecule has 0 heterocycles. The maximum Gasteiger partial charge on any atom is 0.335 e. The highest BCUT2D eigenvalue weighted by Crippen LogP contribution is 2.07. The molecule has 1 atom stereocenters. The van der Waals surface area contributed by atoms with Gasteiger partial charge in [0.15, 0.2) is 6.10 Å². The van der Waals surface area contributed by atoms with Gasteiger partial charge in [0.2, 0.25) is 0 Å². The summed E-state index contributed by atoms with van der Waals surface area (Å²) < 4.78 is 10.5. The molecule has 18 heavy (non-hydrogen) atoms. The maximum atomic E-state index is 11.8. The summed E-state index contributed by atoms with van der Waals surface area (Å²) in [6, 6.07) is 7.46. The fourth-order valence-electron chi connectivity index (χ4n) is 1.64. The first-order chi connectivity index (χ1) is 8.67. The summed E-state index contributed by atoms with van der Waals surface area (Å²) in [4.78, 5) is 11.8. The van der Waals surface area contributed by atoms with E-state index in [0.29, 0.717) is 25.1 Å². The van der Waals surface area contributed by atoms with Gasteiger partial charge < -0.3 is 9.47 Å². The van der Waals surface area contributed by atoms with Crippen LogP contribution < -0.4 is 5.46 Å². The molecule has 0 bridgehead atoms. The highest BCUT2D eigenvalue weighted by atomic mass is 16.6. The first kappa shape index (κ1) is 14.8. The first-order valence-corrected chi connectivity index (χ1v) is 6.30. The highest BCUT2D eigenvalue weighted by molar-refractivity contribution is 6.32. The van der Waals surface area contributed by atoms with E-state index in [9.17, 15) is 4.79 Å². The van der Waals surface area contributed by atoms with Gasteiger partial charge in [-0.3, -0.25) is 0 Å². The van der Waals surface area contributed by atoms with Crippen LogP contribution in [0.2, 0.25) is 0 Å². The van der Waals surface area contributed by atoms with Crippen molar-refractivity contribution in [2.45, 2.75) is 32.8 Å². The zero-order chi connectivity index (χ0) is 13.4. The van der Waals surface area contributed by atoms with Crippen LogP contribution in [0.4, 0.5) is 0 Å². The lowest BCUT2D eigenvalue weighted by atomic mass is 9.93. The number of rotatable bonds is 7. The summed E-state index contributed by atoms with van der Waals surface area (Å²) in [5.41, 5.74) is 1.66. The third-order valence-corrected chi connectivity index (χ3v) is 2.44. The Morgan fingerprint density at radius 3 is 2.78 bits per heavy atom. The van der Waals surface area contributed by atoms with E-state index >= 15 is 0 Å². The second-order valence-electron chi connectivity index (χ2n) is 4.06. The van der Waals surface area contributed by atoms with Crippen LogP contribution in [0, 0.1) is 0 Å². The summed E-state index contributed by atoms with van der Waals surface area (Å²) in [6.45, 7) is 4.70. The van der Waals surface area contributed by atoms with E-state index in [4.69, 9.17) is 17.3 Å². The molecule has 0 amide bonds. The van der Waals surface area contributed by atoms with Gasteiger partial charge in [0.1, 0.15) is 7.85 Å². The SMILES string of the molecule is [B]c1cccc(CC(OCCC)C(=O)OCC)c1. The van der Waals surface area contributed by atoms with Gasteiger partial charge in [-0.1, -0.05) is 36.7 Å². The van der Waals surface area contributed by atoms with E-state index in [1.54, 1.807) is 6.92 Å². The molecule has 0 aliphatic rings. The third-order valence-electron chi connectivity index (χ3n) is 2.44. The second-order valence-corrected chi connectivity index (χ2v) is 4.06. The van der Waals surface area contributed by atoms with Crippen LogP contribution in [-0.2, 0) is 20.7 Å². The van der Waals surface area contributed by atoms with Gasteiger partial charge in [-0.2, -0.15) is 0 Å². The van der Waals surface area contributed by atoms with Gasteiger partial charge >= 0.3 is 5.97 Å². The van der Waals surface area contributed by atoms with Gasteiger partial charge in [-0.25, -0.2) is 4.79 Å². The molecule has 0 spiro atoms. The summed E-state index contributed by atoms with van der Waals surface area (Å²) in [5, 5.41) is 0. The molecule has 3 nitrogen and oxygen atoms in total. The smallest absolute Gasteiger partial charge is 0.335 e. The summed E-state index contributed by atoms with van der Waals surface area (Å²) in [6.07, 6.45) is 0.808. The number of benzene rings is 1. The van der Waals surface area contributed by atoms with Crippen molar-refractivity contribution in [3.8, 4) is 0 Å². The topological polar surface area (TPSA) is 35.5 Å². The summed E-state index contributed by atoms with van der Waals surface area (Å²) in [7, 11) is 5.71. The van der Waals surface area contributed by atoms with Gasteiger partial charge in [-0.05, 0) is 18.9 Å². The molecule has 0 aliphatic carbocycles. The van der Waals surface area contributed by atoms with Gasteiger partial charge in [-0.15, -0.1) is 0 Å². The Hall–Kier alpha value is -1.29. The molecule has 0 fully saturated rings. The minimum absolute atomic E-state index is 0.312. The van der Waals surface area contributed by atoms with Crippen molar-refractivity contribution >= 4 is 19.3 Å². The van der Waals surface area contributed by atoms with Crippen LogP contribution in [-0.4, -0.2) is 33.1 Å². The lowest BCUT2D eigenvalue weighted by molar-refractivity contribution is -0.156. The zero-order valence-electron chi connectivity index (χ0n) is 11.0. The van der Waals surface area contributed by atoms with E-state index in [1.807, 2.05) is 31.2 Å². The van der Waals surface area contributed by atoms with Crippen molar-refractivity contribution in [3.63, 3.8) is 0 Å². The molecule has 2 radical (unpaired) electrons. The Morgan fingerprint density at radius 2 is 2.17 bits per heavy atom. The van der Waals surface area contributed by atoms with Gasteiger partial charge in [0, 0.05) is 13.0 Å². The Morgan fingerprint density at radius 1 is 1.39 bits per heavy atom. The molecule has 1 aromatic carbocycles. The number of ether oxygens (including phenoxy) is 2. The van der Waals surface area contributed by atoms with Crippen LogP contribution in [0.15, 0.2) is 24.3 Å². The predicted molar refractivity (Wildman–Crippen MR) is 72.2 cm³/mol. The molecule has 0 saturated heterocycles. The average Bonchev–Trinajstić information content (AvgIpc) is 2.34. The number of esters is 1. The van der Waals surface area contributed by atoms with Crippen LogP contribution in [0.3, 0.4) is 0 Å². The molecule has 0 saturated carbocycles. The van der Waals surface area contributed by atoms with E-state index in [1.165, 1.54) is 0 Å². The largest absolute Gasteiger partial charge is 0.464 e. The monoisotopic (exact) mass is 246 g/mol. The molecule has 0 N–H and O–H groups in total. The molecule has 1 aromatic rings. The molecular formula is C14H19BO3. The quantitative estimate of drug-likeness (QED) is 0.538. The minimum Gasteiger partial charge on any atom is -0.464 e. The predicted octanol–water partition coefficient (Wildman–Crippen LogP) is 1.38. The van der Waals surface area contributed by atoms with Crippen LogP contribution in [0.25, 0.3) is 0 Å². The van der Waals surface area contributed by atoms with E-state index in [2.05, 4.69) is 0 Å². The lowest BCUT2D eigenvalue weighted by Gasteiger charge is -2.16. The summed E-state index contributed by atoms with van der Waals surface area (Å²) in [5.74, 6) is -0.312. The highest BCUT2D eigenvalue weighted by Gasteiger charge is 2.20. The normalized spacial score (nSPS) is 12.1. The number of carbonyl (C=O) groups is 1. The Labute approximate surface area is 110 Å². The Bertz CT molecular complexity index is 379. The second kappa shape index (κ2) is 7.93.